The number of carbonyl (C=O) groups is 1. The summed E-state index contributed by atoms with van der Waals surface area (Å²) in [7, 11) is 0. The fraction of sp³-hybridized carbons (Fsp3) is 0.267. The molecule has 1 aromatic heterocycles. The van der Waals surface area contributed by atoms with Crippen LogP contribution in [0.25, 0.3) is 0 Å². The van der Waals surface area contributed by atoms with Crippen LogP contribution in [0.15, 0.2) is 36.4 Å². The number of hydrogen-bond donors (Lipinski definition) is 1. The number of carboxylic acid groups (broad SMARTS) is 1. The van der Waals surface area contributed by atoms with Crippen molar-refractivity contribution in [2.24, 2.45) is 0 Å². The highest BCUT2D eigenvalue weighted by Crippen LogP contribution is 2.30. The van der Waals surface area contributed by atoms with Gasteiger partial charge in [-0.15, -0.1) is 11.3 Å². The van der Waals surface area contributed by atoms with Crippen molar-refractivity contribution in [3.05, 3.63) is 50.6 Å². The van der Waals surface area contributed by atoms with Crippen molar-refractivity contribution in [2.75, 3.05) is 31.1 Å². The van der Waals surface area contributed by atoms with Crippen LogP contribution in [0.3, 0.4) is 0 Å². The minimum Gasteiger partial charge on any atom is -0.544 e. The van der Waals surface area contributed by atoms with E-state index in [1.165, 1.54) is 37.9 Å². The molecule has 0 radical (unpaired) electrons. The molecule has 1 aromatic carbocycles. The summed E-state index contributed by atoms with van der Waals surface area (Å²) in [6, 6.07) is 11.9. The van der Waals surface area contributed by atoms with Crippen molar-refractivity contribution in [2.45, 2.75) is 0 Å². The molecule has 2 N–H and O–H groups in total. The number of aromatic carboxylic acids is 1. The fourth-order valence-electron chi connectivity index (χ4n) is 2.09. The first-order chi connectivity index (χ1) is 10.6. The molecule has 1 saturated heterocycles. The van der Waals surface area contributed by atoms with Crippen molar-refractivity contribution in [1.82, 2.24) is 0 Å². The van der Waals surface area contributed by atoms with Gasteiger partial charge in [0.1, 0.15) is 4.34 Å². The number of piperazine rings is 1. The zero-order valence-corrected chi connectivity index (χ0v) is 14.1. The molecule has 0 aliphatic carbocycles. The lowest BCUT2D eigenvalue weighted by Crippen LogP contribution is -2.89. The number of anilines is 1. The standard InChI is InChI=1S/C10H14N2.C5H2Cl2O2S/c1-2-4-10(5-3-1)12-8-6-11-7-9-12;6-2-1-3(5(8)9)10-4(2)7/h1-5,11H,6-9H2;1H,(H,8,9). The lowest BCUT2D eigenvalue weighted by Gasteiger charge is -2.27. The number of carboxylic acids is 1. The third-order valence-corrected chi connectivity index (χ3v) is 5.02. The number of benzene rings is 1. The Morgan fingerprint density at radius 1 is 1.18 bits per heavy atom. The Kier molecular flexibility index (Phi) is 6.51. The highest BCUT2D eigenvalue weighted by molar-refractivity contribution is 7.18. The van der Waals surface area contributed by atoms with Gasteiger partial charge in [-0.1, -0.05) is 41.4 Å². The maximum atomic E-state index is 10.1. The number of rotatable bonds is 2. The van der Waals surface area contributed by atoms with Gasteiger partial charge in [-0.3, -0.25) is 0 Å². The number of nitrogens with zero attached hydrogens (tertiary/aromatic N) is 1. The van der Waals surface area contributed by atoms with Crippen molar-refractivity contribution < 1.29 is 15.2 Å². The topological polar surface area (TPSA) is 60.0 Å². The number of para-hydroxylation sites is 1. The van der Waals surface area contributed by atoms with Gasteiger partial charge in [0.25, 0.3) is 0 Å². The van der Waals surface area contributed by atoms with Crippen LogP contribution < -0.4 is 15.3 Å². The van der Waals surface area contributed by atoms with Gasteiger partial charge in [0.05, 0.1) is 42.0 Å². The van der Waals surface area contributed by atoms with E-state index in [1.807, 2.05) is 0 Å². The molecule has 0 amide bonds. The van der Waals surface area contributed by atoms with Crippen molar-refractivity contribution in [1.29, 1.82) is 0 Å². The smallest absolute Gasteiger partial charge is 0.112 e. The van der Waals surface area contributed by atoms with Crippen LogP contribution in [-0.2, 0) is 0 Å². The quantitative estimate of drug-likeness (QED) is 0.884. The molecule has 1 fully saturated rings. The summed E-state index contributed by atoms with van der Waals surface area (Å²) in [6.45, 7) is 4.83. The van der Waals surface area contributed by atoms with E-state index in [1.54, 1.807) is 0 Å². The second-order valence-electron chi connectivity index (χ2n) is 4.71. The Balaban J connectivity index is 0.000000164. The van der Waals surface area contributed by atoms with Crippen LogP contribution in [0.1, 0.15) is 9.67 Å². The van der Waals surface area contributed by atoms with Crippen molar-refractivity contribution in [3.63, 3.8) is 0 Å². The van der Waals surface area contributed by atoms with E-state index in [0.717, 1.165) is 11.3 Å². The van der Waals surface area contributed by atoms with Crippen LogP contribution in [0.5, 0.6) is 0 Å². The molecule has 1 aliphatic heterocycles. The molecular formula is C15H16Cl2N2O2S. The molecule has 1 aliphatic rings. The van der Waals surface area contributed by atoms with Crippen LogP contribution in [0, 0.1) is 0 Å². The van der Waals surface area contributed by atoms with Gasteiger partial charge in [0.15, 0.2) is 0 Å². The third kappa shape index (κ3) is 4.88. The van der Waals surface area contributed by atoms with E-state index in [-0.39, 0.29) is 14.2 Å². The Labute approximate surface area is 143 Å². The van der Waals surface area contributed by atoms with Crippen LogP contribution in [0.2, 0.25) is 9.36 Å². The minimum atomic E-state index is -1.25. The predicted molar refractivity (Wildman–Crippen MR) is 89.0 cm³/mol. The van der Waals surface area contributed by atoms with Gasteiger partial charge in [-0.25, -0.2) is 0 Å². The summed E-state index contributed by atoms with van der Waals surface area (Å²) in [4.78, 5) is 12.6. The fourth-order valence-corrected chi connectivity index (χ4v) is 3.30. The molecule has 2 heterocycles. The summed E-state index contributed by atoms with van der Waals surface area (Å²) in [6.07, 6.45) is 0. The van der Waals surface area contributed by atoms with E-state index in [2.05, 4.69) is 40.5 Å². The summed E-state index contributed by atoms with van der Waals surface area (Å²) in [5.41, 5.74) is 1.37. The first-order valence-corrected chi connectivity index (χ1v) is 8.43. The minimum absolute atomic E-state index is 0.0509. The average Bonchev–Trinajstić information content (AvgIpc) is 2.89. The Morgan fingerprint density at radius 2 is 1.82 bits per heavy atom. The molecule has 7 heteroatoms. The molecule has 4 nitrogen and oxygen atoms in total. The van der Waals surface area contributed by atoms with E-state index >= 15 is 0 Å². The maximum absolute atomic E-state index is 10.1. The van der Waals surface area contributed by atoms with Gasteiger partial charge in [-0.05, 0) is 18.2 Å². The molecule has 118 valence electrons. The number of thiophene rings is 1. The molecule has 0 atom stereocenters. The largest absolute Gasteiger partial charge is 0.544 e. The molecule has 22 heavy (non-hydrogen) atoms. The monoisotopic (exact) mass is 358 g/mol. The van der Waals surface area contributed by atoms with Crippen LogP contribution in [-0.4, -0.2) is 32.1 Å². The number of carbonyl (C=O) groups excluding carboxylic acids is 1. The van der Waals surface area contributed by atoms with E-state index in [9.17, 15) is 9.90 Å². The Bertz CT molecular complexity index is 594. The number of quaternary nitrogens is 1. The summed E-state index contributed by atoms with van der Waals surface area (Å²) in [5.74, 6) is -1.25. The van der Waals surface area contributed by atoms with Crippen molar-refractivity contribution >= 4 is 46.2 Å². The Hall–Kier alpha value is -1.27. The predicted octanol–water partition coefficient (Wildman–Crippen LogP) is 1.49. The van der Waals surface area contributed by atoms with Crippen LogP contribution >= 0.6 is 34.5 Å². The average molecular weight is 359 g/mol. The highest BCUT2D eigenvalue weighted by atomic mass is 35.5. The van der Waals surface area contributed by atoms with E-state index in [0.29, 0.717) is 0 Å². The van der Waals surface area contributed by atoms with Gasteiger partial charge >= 0.3 is 0 Å². The van der Waals surface area contributed by atoms with Gasteiger partial charge in [0.2, 0.25) is 0 Å². The molecule has 0 bridgehead atoms. The zero-order valence-electron chi connectivity index (χ0n) is 11.8. The van der Waals surface area contributed by atoms with Crippen LogP contribution in [0.4, 0.5) is 5.69 Å². The molecule has 0 spiro atoms. The Morgan fingerprint density at radius 3 is 2.27 bits per heavy atom. The molecule has 0 unspecified atom stereocenters. The summed E-state index contributed by atoms with van der Waals surface area (Å²) < 4.78 is 0.279. The third-order valence-electron chi connectivity index (χ3n) is 3.17. The zero-order chi connectivity index (χ0) is 15.9. The molecule has 2 aromatic rings. The first kappa shape index (κ1) is 17.1. The lowest BCUT2D eigenvalue weighted by molar-refractivity contribution is -0.655. The van der Waals surface area contributed by atoms with Gasteiger partial charge < -0.3 is 20.1 Å². The van der Waals surface area contributed by atoms with E-state index in [4.69, 9.17) is 23.2 Å². The maximum Gasteiger partial charge on any atom is 0.112 e. The normalized spacial score (nSPS) is 14.2. The number of nitrogens with two attached hydrogens (primary N) is 1. The summed E-state index contributed by atoms with van der Waals surface area (Å²) in [5, 5.41) is 12.8. The number of halogens is 2. The molecule has 0 saturated carbocycles. The summed E-state index contributed by atoms with van der Waals surface area (Å²) >= 11 is 11.8. The SMILES string of the molecule is O=C([O-])c1cc(Cl)c(Cl)s1.c1ccc(N2CC[NH2+]CC2)cc1. The molecule has 3 rings (SSSR count). The first-order valence-electron chi connectivity index (χ1n) is 6.86. The van der Waals surface area contributed by atoms with Gasteiger partial charge in [-0.2, -0.15) is 0 Å². The molecular weight excluding hydrogens is 343 g/mol. The van der Waals surface area contributed by atoms with Crippen molar-refractivity contribution in [3.8, 4) is 0 Å². The number of hydrogen-bond acceptors (Lipinski definition) is 4. The second-order valence-corrected chi connectivity index (χ2v) is 6.77. The van der Waals surface area contributed by atoms with Gasteiger partial charge in [0, 0.05) is 5.69 Å². The van der Waals surface area contributed by atoms with E-state index < -0.39 is 5.97 Å². The highest BCUT2D eigenvalue weighted by Gasteiger charge is 2.11. The lowest BCUT2D eigenvalue weighted by atomic mass is 10.2. The second kappa shape index (κ2) is 8.39.